The van der Waals surface area contributed by atoms with Crippen LogP contribution in [0.3, 0.4) is 0 Å². The summed E-state index contributed by atoms with van der Waals surface area (Å²) >= 11 is 0. The van der Waals surface area contributed by atoms with Crippen molar-refractivity contribution in [3.05, 3.63) is 12.2 Å². The minimum atomic E-state index is 0.210. The van der Waals surface area contributed by atoms with Crippen LogP contribution in [-0.2, 0) is 4.79 Å². The summed E-state index contributed by atoms with van der Waals surface area (Å²) in [6.07, 6.45) is 11.1. The summed E-state index contributed by atoms with van der Waals surface area (Å²) < 4.78 is 0. The molecule has 3 rings (SSSR count). The third kappa shape index (κ3) is 2.33. The first-order valence-corrected chi connectivity index (χ1v) is 7.43. The highest BCUT2D eigenvalue weighted by Crippen LogP contribution is 2.35. The van der Waals surface area contributed by atoms with Crippen LogP contribution in [0.15, 0.2) is 12.2 Å². The lowest BCUT2D eigenvalue weighted by Gasteiger charge is -2.29. The van der Waals surface area contributed by atoms with Gasteiger partial charge in [0.15, 0.2) is 0 Å². The summed E-state index contributed by atoms with van der Waals surface area (Å²) in [4.78, 5) is 14.7. The maximum atomic E-state index is 12.5. The molecule has 1 saturated carbocycles. The van der Waals surface area contributed by atoms with E-state index in [1.54, 1.807) is 0 Å². The minimum absolute atomic E-state index is 0.210. The Morgan fingerprint density at radius 3 is 2.39 bits per heavy atom. The average molecular weight is 248 g/mol. The van der Waals surface area contributed by atoms with Crippen LogP contribution in [0.5, 0.6) is 0 Å². The molecule has 4 atom stereocenters. The Morgan fingerprint density at radius 2 is 1.78 bits per heavy atom. The molecule has 1 saturated heterocycles. The van der Waals surface area contributed by atoms with Crippen molar-refractivity contribution in [1.29, 1.82) is 0 Å². The van der Waals surface area contributed by atoms with E-state index in [0.717, 1.165) is 50.6 Å². The molecule has 0 aromatic heterocycles. The van der Waals surface area contributed by atoms with Crippen LogP contribution in [-0.4, -0.2) is 29.9 Å². The van der Waals surface area contributed by atoms with E-state index < -0.39 is 0 Å². The van der Waals surface area contributed by atoms with E-state index in [1.807, 2.05) is 0 Å². The molecule has 100 valence electrons. The molecule has 2 aliphatic carbocycles. The highest BCUT2D eigenvalue weighted by atomic mass is 16.2. The van der Waals surface area contributed by atoms with Crippen LogP contribution in [0.1, 0.15) is 38.5 Å². The quantitative estimate of drug-likeness (QED) is 0.721. The van der Waals surface area contributed by atoms with Gasteiger partial charge in [-0.3, -0.25) is 4.79 Å². The van der Waals surface area contributed by atoms with E-state index in [9.17, 15) is 4.79 Å². The van der Waals surface area contributed by atoms with Gasteiger partial charge in [-0.05, 0) is 43.9 Å². The minimum Gasteiger partial charge on any atom is -0.342 e. The average Bonchev–Trinajstić information content (AvgIpc) is 2.81. The van der Waals surface area contributed by atoms with Gasteiger partial charge in [0.2, 0.25) is 5.91 Å². The second-order valence-electron chi connectivity index (χ2n) is 6.33. The van der Waals surface area contributed by atoms with Crippen molar-refractivity contribution in [3.8, 4) is 0 Å². The Hall–Kier alpha value is -0.830. The van der Waals surface area contributed by atoms with Crippen molar-refractivity contribution in [2.45, 2.75) is 44.6 Å². The summed E-state index contributed by atoms with van der Waals surface area (Å²) in [6, 6.07) is 0.249. The number of fused-ring (bicyclic) bond motifs is 1. The molecular weight excluding hydrogens is 224 g/mol. The first-order valence-electron chi connectivity index (χ1n) is 7.43. The lowest BCUT2D eigenvalue weighted by atomic mass is 9.85. The van der Waals surface area contributed by atoms with Crippen molar-refractivity contribution in [2.75, 3.05) is 13.1 Å². The van der Waals surface area contributed by atoms with Gasteiger partial charge in [0.25, 0.3) is 0 Å². The zero-order valence-corrected chi connectivity index (χ0v) is 11.1. The molecule has 18 heavy (non-hydrogen) atoms. The van der Waals surface area contributed by atoms with Crippen molar-refractivity contribution < 1.29 is 4.79 Å². The topological polar surface area (TPSA) is 46.3 Å². The highest BCUT2D eigenvalue weighted by molar-refractivity contribution is 5.79. The summed E-state index contributed by atoms with van der Waals surface area (Å²) in [5, 5.41) is 0. The van der Waals surface area contributed by atoms with E-state index in [4.69, 9.17) is 5.73 Å². The van der Waals surface area contributed by atoms with E-state index >= 15 is 0 Å². The fourth-order valence-corrected chi connectivity index (χ4v) is 3.90. The van der Waals surface area contributed by atoms with Gasteiger partial charge in [-0.1, -0.05) is 18.6 Å². The molecule has 3 heteroatoms. The van der Waals surface area contributed by atoms with Gasteiger partial charge in [0.05, 0.1) is 0 Å². The van der Waals surface area contributed by atoms with Crippen molar-refractivity contribution in [3.63, 3.8) is 0 Å². The molecule has 0 spiro atoms. The Morgan fingerprint density at radius 1 is 1.11 bits per heavy atom. The SMILES string of the molecule is NC1CCCC(C(=O)N2CC3CC=CCC3C2)C1. The van der Waals surface area contributed by atoms with Gasteiger partial charge in [-0.25, -0.2) is 0 Å². The van der Waals surface area contributed by atoms with Crippen molar-refractivity contribution in [2.24, 2.45) is 23.5 Å². The normalized spacial score (nSPS) is 39.7. The summed E-state index contributed by atoms with van der Waals surface area (Å²) in [7, 11) is 0. The Kier molecular flexibility index (Phi) is 3.42. The van der Waals surface area contributed by atoms with Gasteiger partial charge in [-0.2, -0.15) is 0 Å². The Labute approximate surface area is 109 Å². The van der Waals surface area contributed by atoms with E-state index in [-0.39, 0.29) is 12.0 Å². The lowest BCUT2D eigenvalue weighted by Crippen LogP contribution is -2.39. The molecule has 0 radical (unpaired) electrons. The number of nitrogens with two attached hydrogens (primary N) is 1. The number of carbonyl (C=O) groups is 1. The fourth-order valence-electron chi connectivity index (χ4n) is 3.90. The van der Waals surface area contributed by atoms with Gasteiger partial charge < -0.3 is 10.6 Å². The Balaban J connectivity index is 1.60. The van der Waals surface area contributed by atoms with Crippen LogP contribution in [0, 0.1) is 17.8 Å². The molecule has 4 unspecified atom stereocenters. The molecule has 0 aromatic rings. The molecule has 0 aromatic carbocycles. The number of rotatable bonds is 1. The van der Waals surface area contributed by atoms with Crippen LogP contribution in [0.25, 0.3) is 0 Å². The van der Waals surface area contributed by atoms with E-state index in [0.29, 0.717) is 5.91 Å². The predicted octanol–water partition coefficient (Wildman–Crippen LogP) is 1.93. The van der Waals surface area contributed by atoms with Gasteiger partial charge in [-0.15, -0.1) is 0 Å². The predicted molar refractivity (Wildman–Crippen MR) is 71.9 cm³/mol. The highest BCUT2D eigenvalue weighted by Gasteiger charge is 2.38. The molecule has 1 amide bonds. The van der Waals surface area contributed by atoms with Crippen LogP contribution in [0.2, 0.25) is 0 Å². The number of amides is 1. The van der Waals surface area contributed by atoms with E-state index in [1.165, 1.54) is 12.8 Å². The first kappa shape index (κ1) is 12.2. The largest absolute Gasteiger partial charge is 0.342 e. The smallest absolute Gasteiger partial charge is 0.225 e. The van der Waals surface area contributed by atoms with Crippen LogP contribution >= 0.6 is 0 Å². The zero-order chi connectivity index (χ0) is 12.5. The second kappa shape index (κ2) is 5.04. The van der Waals surface area contributed by atoms with E-state index in [2.05, 4.69) is 17.1 Å². The number of hydrogen-bond acceptors (Lipinski definition) is 2. The van der Waals surface area contributed by atoms with Crippen LogP contribution in [0.4, 0.5) is 0 Å². The number of hydrogen-bond donors (Lipinski definition) is 1. The second-order valence-corrected chi connectivity index (χ2v) is 6.33. The summed E-state index contributed by atoms with van der Waals surface area (Å²) in [5.74, 6) is 2.04. The molecule has 0 bridgehead atoms. The number of nitrogens with zero attached hydrogens (tertiary/aromatic N) is 1. The molecule has 1 aliphatic heterocycles. The lowest BCUT2D eigenvalue weighted by molar-refractivity contribution is -0.135. The first-order chi connectivity index (χ1) is 8.74. The zero-order valence-electron chi connectivity index (χ0n) is 11.1. The standard InChI is InChI=1S/C15H24N2O/c16-14-7-3-6-11(8-14)15(18)17-9-12-4-1-2-5-13(12)10-17/h1-2,11-14H,3-10,16H2. The summed E-state index contributed by atoms with van der Waals surface area (Å²) in [6.45, 7) is 1.97. The van der Waals surface area contributed by atoms with Gasteiger partial charge >= 0.3 is 0 Å². The fraction of sp³-hybridized carbons (Fsp3) is 0.800. The number of allylic oxidation sites excluding steroid dienone is 2. The van der Waals surface area contributed by atoms with Gasteiger partial charge in [0.1, 0.15) is 0 Å². The van der Waals surface area contributed by atoms with Crippen LogP contribution < -0.4 is 5.73 Å². The number of likely N-dealkylation sites (tertiary alicyclic amines) is 1. The van der Waals surface area contributed by atoms with Gasteiger partial charge in [0, 0.05) is 25.0 Å². The third-order valence-electron chi connectivity index (χ3n) is 5.00. The molecule has 2 fully saturated rings. The maximum Gasteiger partial charge on any atom is 0.225 e. The molecule has 2 N–H and O–H groups in total. The Bertz CT molecular complexity index is 336. The molecule has 3 aliphatic rings. The maximum absolute atomic E-state index is 12.5. The molecule has 1 heterocycles. The monoisotopic (exact) mass is 248 g/mol. The molecular formula is C15H24N2O. The number of carbonyl (C=O) groups excluding carboxylic acids is 1. The van der Waals surface area contributed by atoms with Crippen molar-refractivity contribution in [1.82, 2.24) is 4.90 Å². The van der Waals surface area contributed by atoms with Crippen molar-refractivity contribution >= 4 is 5.91 Å². The molecule has 3 nitrogen and oxygen atoms in total. The third-order valence-corrected chi connectivity index (χ3v) is 5.00. The summed E-state index contributed by atoms with van der Waals surface area (Å²) in [5.41, 5.74) is 6.00.